The number of carbonyl (C=O) groups is 1. The number of esters is 1. The quantitative estimate of drug-likeness (QED) is 0.445. The summed E-state index contributed by atoms with van der Waals surface area (Å²) in [5.41, 5.74) is 3.97. The molecular weight excluding hydrogens is 350 g/mol. The second kappa shape index (κ2) is 8.01. The Morgan fingerprint density at radius 2 is 1.68 bits per heavy atom. The Morgan fingerprint density at radius 1 is 0.893 bits per heavy atom. The predicted octanol–water partition coefficient (Wildman–Crippen LogP) is 5.06. The minimum atomic E-state index is -0.319. The number of carbonyl (C=O) groups excluding carboxylic acids is 1. The van der Waals surface area contributed by atoms with Crippen LogP contribution in [0.15, 0.2) is 85.1 Å². The molecule has 0 fully saturated rings. The molecule has 4 nitrogen and oxygen atoms in total. The third kappa shape index (κ3) is 3.91. The van der Waals surface area contributed by atoms with Gasteiger partial charge < -0.3 is 14.0 Å². The lowest BCUT2D eigenvalue weighted by Crippen LogP contribution is -2.02. The van der Waals surface area contributed by atoms with E-state index in [1.807, 2.05) is 36.4 Å². The molecule has 1 aromatic heterocycles. The van der Waals surface area contributed by atoms with Crippen molar-refractivity contribution < 1.29 is 14.3 Å². The molecule has 0 aliphatic heterocycles. The van der Waals surface area contributed by atoms with Crippen LogP contribution in [-0.4, -0.2) is 17.6 Å². The lowest BCUT2D eigenvalue weighted by Gasteiger charge is -2.09. The van der Waals surface area contributed by atoms with Crippen LogP contribution in [0.5, 0.6) is 5.75 Å². The zero-order valence-corrected chi connectivity index (χ0v) is 15.7. The maximum absolute atomic E-state index is 11.6. The summed E-state index contributed by atoms with van der Waals surface area (Å²) in [7, 11) is 1.39. The summed E-state index contributed by atoms with van der Waals surface area (Å²) in [5, 5.41) is 1.14. The number of hydrogen-bond donors (Lipinski definition) is 0. The van der Waals surface area contributed by atoms with Crippen molar-refractivity contribution in [2.45, 2.75) is 13.2 Å². The van der Waals surface area contributed by atoms with Crippen LogP contribution in [0.2, 0.25) is 0 Å². The SMILES string of the molecule is COC(=O)c1ccc(Cn2ccc3cc(OCc4ccccc4)ccc32)cc1. The Hall–Kier alpha value is -3.53. The zero-order valence-electron chi connectivity index (χ0n) is 15.7. The van der Waals surface area contributed by atoms with Gasteiger partial charge >= 0.3 is 5.97 Å². The number of nitrogens with zero attached hydrogens (tertiary/aromatic N) is 1. The maximum atomic E-state index is 11.6. The Morgan fingerprint density at radius 3 is 2.43 bits per heavy atom. The maximum Gasteiger partial charge on any atom is 0.337 e. The molecule has 0 N–H and O–H groups in total. The van der Waals surface area contributed by atoms with E-state index in [1.54, 1.807) is 12.1 Å². The molecule has 1 heterocycles. The molecule has 0 spiro atoms. The van der Waals surface area contributed by atoms with Gasteiger partial charge in [-0.05, 0) is 47.5 Å². The summed E-state index contributed by atoms with van der Waals surface area (Å²) in [6.07, 6.45) is 2.07. The lowest BCUT2D eigenvalue weighted by atomic mass is 10.1. The summed E-state index contributed by atoms with van der Waals surface area (Å²) >= 11 is 0. The largest absolute Gasteiger partial charge is 0.489 e. The molecule has 140 valence electrons. The molecule has 4 rings (SSSR count). The van der Waals surface area contributed by atoms with Crippen LogP contribution in [-0.2, 0) is 17.9 Å². The van der Waals surface area contributed by atoms with E-state index in [-0.39, 0.29) is 5.97 Å². The summed E-state index contributed by atoms with van der Waals surface area (Å²) < 4.78 is 12.8. The molecule has 0 unspecified atom stereocenters. The average molecular weight is 371 g/mol. The molecule has 0 saturated carbocycles. The van der Waals surface area contributed by atoms with E-state index in [9.17, 15) is 4.79 Å². The van der Waals surface area contributed by atoms with Crippen molar-refractivity contribution in [1.29, 1.82) is 0 Å². The van der Waals surface area contributed by atoms with E-state index in [0.717, 1.165) is 34.3 Å². The number of hydrogen-bond acceptors (Lipinski definition) is 3. The topological polar surface area (TPSA) is 40.5 Å². The van der Waals surface area contributed by atoms with Crippen LogP contribution in [0, 0.1) is 0 Å². The van der Waals surface area contributed by atoms with Gasteiger partial charge in [0.15, 0.2) is 0 Å². The smallest absolute Gasteiger partial charge is 0.337 e. The van der Waals surface area contributed by atoms with E-state index in [2.05, 4.69) is 41.1 Å². The highest BCUT2D eigenvalue weighted by atomic mass is 16.5. The summed E-state index contributed by atoms with van der Waals surface area (Å²) in [4.78, 5) is 11.6. The van der Waals surface area contributed by atoms with Gasteiger partial charge in [-0.2, -0.15) is 0 Å². The minimum absolute atomic E-state index is 0.319. The van der Waals surface area contributed by atoms with Gasteiger partial charge in [0.05, 0.1) is 12.7 Å². The van der Waals surface area contributed by atoms with Gasteiger partial charge in [0.25, 0.3) is 0 Å². The Labute approximate surface area is 163 Å². The molecule has 28 heavy (non-hydrogen) atoms. The average Bonchev–Trinajstić information content (AvgIpc) is 3.15. The Balaban J connectivity index is 1.47. The van der Waals surface area contributed by atoms with Crippen molar-refractivity contribution in [3.05, 3.63) is 102 Å². The third-order valence-corrected chi connectivity index (χ3v) is 4.72. The summed E-state index contributed by atoms with van der Waals surface area (Å²) in [5.74, 6) is 0.539. The summed E-state index contributed by atoms with van der Waals surface area (Å²) in [6, 6.07) is 25.9. The van der Waals surface area contributed by atoms with Gasteiger partial charge in [-0.1, -0.05) is 42.5 Å². The zero-order chi connectivity index (χ0) is 19.3. The van der Waals surface area contributed by atoms with Gasteiger partial charge in [-0.15, -0.1) is 0 Å². The number of aromatic nitrogens is 1. The van der Waals surface area contributed by atoms with Crippen LogP contribution >= 0.6 is 0 Å². The fourth-order valence-corrected chi connectivity index (χ4v) is 3.21. The Bertz CT molecular complexity index is 1080. The van der Waals surface area contributed by atoms with E-state index >= 15 is 0 Å². The minimum Gasteiger partial charge on any atom is -0.489 e. The van der Waals surface area contributed by atoms with Crippen LogP contribution in [0.4, 0.5) is 0 Å². The molecule has 4 aromatic rings. The van der Waals surface area contributed by atoms with Crippen LogP contribution in [0.3, 0.4) is 0 Å². The second-order valence-electron chi connectivity index (χ2n) is 6.63. The van der Waals surface area contributed by atoms with E-state index in [1.165, 1.54) is 7.11 Å². The molecule has 0 bridgehead atoms. The van der Waals surface area contributed by atoms with Crippen LogP contribution in [0.1, 0.15) is 21.5 Å². The molecule has 4 heteroatoms. The van der Waals surface area contributed by atoms with Gasteiger partial charge in [-0.3, -0.25) is 0 Å². The number of ether oxygens (including phenoxy) is 2. The predicted molar refractivity (Wildman–Crippen MR) is 110 cm³/mol. The highest BCUT2D eigenvalue weighted by Gasteiger charge is 2.07. The molecule has 0 atom stereocenters. The highest BCUT2D eigenvalue weighted by Crippen LogP contribution is 2.23. The molecule has 0 saturated heterocycles. The van der Waals surface area contributed by atoms with Crippen molar-refractivity contribution in [1.82, 2.24) is 4.57 Å². The number of methoxy groups -OCH3 is 1. The number of benzene rings is 3. The van der Waals surface area contributed by atoms with E-state index in [4.69, 9.17) is 9.47 Å². The third-order valence-electron chi connectivity index (χ3n) is 4.72. The van der Waals surface area contributed by atoms with Gasteiger partial charge in [-0.25, -0.2) is 4.79 Å². The first-order valence-corrected chi connectivity index (χ1v) is 9.16. The van der Waals surface area contributed by atoms with Gasteiger partial charge in [0.1, 0.15) is 12.4 Å². The van der Waals surface area contributed by atoms with Crippen LogP contribution in [0.25, 0.3) is 10.9 Å². The first kappa shape index (κ1) is 17.9. The van der Waals surface area contributed by atoms with E-state index < -0.39 is 0 Å². The monoisotopic (exact) mass is 371 g/mol. The first-order chi connectivity index (χ1) is 13.7. The second-order valence-corrected chi connectivity index (χ2v) is 6.63. The highest BCUT2D eigenvalue weighted by molar-refractivity contribution is 5.89. The molecule has 0 radical (unpaired) electrons. The standard InChI is InChI=1S/C24H21NO3/c1-27-24(26)20-9-7-18(8-10-20)16-25-14-13-21-15-22(11-12-23(21)25)28-17-19-5-3-2-4-6-19/h2-15H,16-17H2,1H3. The van der Waals surface area contributed by atoms with Crippen LogP contribution < -0.4 is 4.74 Å². The molecule has 0 amide bonds. The van der Waals surface area contributed by atoms with Crippen molar-refractivity contribution in [2.24, 2.45) is 0 Å². The van der Waals surface area contributed by atoms with Crippen molar-refractivity contribution in [3.8, 4) is 5.75 Å². The van der Waals surface area contributed by atoms with Crippen molar-refractivity contribution in [3.63, 3.8) is 0 Å². The Kier molecular flexibility index (Phi) is 5.11. The number of rotatable bonds is 6. The normalized spacial score (nSPS) is 10.8. The fourth-order valence-electron chi connectivity index (χ4n) is 3.21. The molecular formula is C24H21NO3. The first-order valence-electron chi connectivity index (χ1n) is 9.16. The van der Waals surface area contributed by atoms with E-state index in [0.29, 0.717) is 12.2 Å². The lowest BCUT2D eigenvalue weighted by molar-refractivity contribution is 0.0600. The summed E-state index contributed by atoms with van der Waals surface area (Å²) in [6.45, 7) is 1.29. The molecule has 0 aliphatic rings. The van der Waals surface area contributed by atoms with Gasteiger partial charge in [0.2, 0.25) is 0 Å². The number of fused-ring (bicyclic) bond motifs is 1. The molecule has 0 aliphatic carbocycles. The van der Waals surface area contributed by atoms with Crippen molar-refractivity contribution in [2.75, 3.05) is 7.11 Å². The van der Waals surface area contributed by atoms with Crippen molar-refractivity contribution >= 4 is 16.9 Å². The fraction of sp³-hybridized carbons (Fsp3) is 0.125. The molecule has 3 aromatic carbocycles. The van der Waals surface area contributed by atoms with Gasteiger partial charge in [0, 0.05) is 23.6 Å².